The van der Waals surface area contributed by atoms with Crippen molar-refractivity contribution in [2.75, 3.05) is 5.32 Å². The lowest BCUT2D eigenvalue weighted by atomic mass is 10.1. The van der Waals surface area contributed by atoms with E-state index in [0.717, 1.165) is 32.8 Å². The van der Waals surface area contributed by atoms with Gasteiger partial charge in [0.1, 0.15) is 16.5 Å². The van der Waals surface area contributed by atoms with E-state index in [9.17, 15) is 0 Å². The third kappa shape index (κ3) is 4.52. The fraction of sp³-hybridized carbons (Fsp3) is 0. The highest BCUT2D eigenvalue weighted by atomic mass is 35.5. The summed E-state index contributed by atoms with van der Waals surface area (Å²) in [6.45, 7) is 0. The van der Waals surface area contributed by atoms with E-state index in [2.05, 4.69) is 25.3 Å². The lowest BCUT2D eigenvalue weighted by molar-refractivity contribution is 1.27. The summed E-state index contributed by atoms with van der Waals surface area (Å²) in [5.41, 5.74) is 2.97. The molecule has 0 saturated heterocycles. The maximum absolute atomic E-state index is 4.53. The standard InChI is InChI=1S/C16H11N5S2.2ClH/c1-2-11(8-17-5-1)12-3-4-14(19-9-12)21-16-20-13(10-23-16)15-18-6-7-22-15;;/h1-10H,(H,19,20,21);2*1H. The minimum absolute atomic E-state index is 0. The number of anilines is 2. The molecule has 9 heteroatoms. The maximum atomic E-state index is 4.53. The molecular weight excluding hydrogens is 397 g/mol. The van der Waals surface area contributed by atoms with Crippen LogP contribution >= 0.6 is 47.5 Å². The van der Waals surface area contributed by atoms with E-state index >= 15 is 0 Å². The molecule has 0 spiro atoms. The van der Waals surface area contributed by atoms with Crippen molar-refractivity contribution in [3.8, 4) is 21.8 Å². The van der Waals surface area contributed by atoms with E-state index < -0.39 is 0 Å². The Morgan fingerprint density at radius 3 is 2.44 bits per heavy atom. The molecule has 128 valence electrons. The van der Waals surface area contributed by atoms with E-state index in [1.807, 2.05) is 47.4 Å². The molecule has 4 rings (SSSR count). The zero-order chi connectivity index (χ0) is 15.5. The summed E-state index contributed by atoms with van der Waals surface area (Å²) in [6.07, 6.45) is 7.19. The molecule has 4 aromatic heterocycles. The van der Waals surface area contributed by atoms with Gasteiger partial charge >= 0.3 is 0 Å². The fourth-order valence-corrected chi connectivity index (χ4v) is 3.44. The molecule has 0 aliphatic rings. The van der Waals surface area contributed by atoms with Crippen LogP contribution in [0, 0.1) is 0 Å². The van der Waals surface area contributed by atoms with E-state index in [1.165, 1.54) is 11.3 Å². The van der Waals surface area contributed by atoms with Gasteiger partial charge in [0.15, 0.2) is 5.13 Å². The highest BCUT2D eigenvalue weighted by Crippen LogP contribution is 2.28. The molecular formula is C16H13Cl2N5S2. The summed E-state index contributed by atoms with van der Waals surface area (Å²) in [5.74, 6) is 0.762. The first-order valence-corrected chi connectivity index (χ1v) is 8.63. The number of nitrogens with zero attached hydrogens (tertiary/aromatic N) is 4. The summed E-state index contributed by atoms with van der Waals surface area (Å²) in [4.78, 5) is 17.4. The molecule has 0 fully saturated rings. The van der Waals surface area contributed by atoms with Crippen molar-refractivity contribution in [1.82, 2.24) is 19.9 Å². The monoisotopic (exact) mass is 409 g/mol. The SMILES string of the molecule is Cl.Cl.c1cncc(-c2ccc(Nc3nc(-c4nccs4)cs3)nc2)c1. The number of pyridine rings is 2. The van der Waals surface area contributed by atoms with Gasteiger partial charge in [-0.05, 0) is 18.2 Å². The largest absolute Gasteiger partial charge is 0.316 e. The van der Waals surface area contributed by atoms with Crippen molar-refractivity contribution in [2.24, 2.45) is 0 Å². The van der Waals surface area contributed by atoms with E-state index in [4.69, 9.17) is 0 Å². The quantitative estimate of drug-likeness (QED) is 0.494. The van der Waals surface area contributed by atoms with Crippen molar-refractivity contribution >= 4 is 58.4 Å². The van der Waals surface area contributed by atoms with Crippen LogP contribution in [0.3, 0.4) is 0 Å². The van der Waals surface area contributed by atoms with Crippen LogP contribution in [0.2, 0.25) is 0 Å². The Morgan fingerprint density at radius 2 is 1.76 bits per heavy atom. The third-order valence-electron chi connectivity index (χ3n) is 3.15. The molecule has 4 heterocycles. The first-order valence-electron chi connectivity index (χ1n) is 6.87. The van der Waals surface area contributed by atoms with Crippen molar-refractivity contribution in [3.63, 3.8) is 0 Å². The molecule has 0 atom stereocenters. The number of halogens is 2. The van der Waals surface area contributed by atoms with Crippen LogP contribution in [-0.4, -0.2) is 19.9 Å². The van der Waals surface area contributed by atoms with E-state index in [-0.39, 0.29) is 24.8 Å². The van der Waals surface area contributed by atoms with Crippen LogP contribution in [0.5, 0.6) is 0 Å². The third-order valence-corrected chi connectivity index (χ3v) is 4.70. The van der Waals surface area contributed by atoms with Gasteiger partial charge in [-0.25, -0.2) is 15.0 Å². The second-order valence-electron chi connectivity index (χ2n) is 4.67. The van der Waals surface area contributed by atoms with Gasteiger partial charge in [0.2, 0.25) is 0 Å². The Balaban J connectivity index is 0.00000113. The maximum Gasteiger partial charge on any atom is 0.188 e. The number of thiazole rings is 2. The zero-order valence-corrected chi connectivity index (χ0v) is 16.0. The van der Waals surface area contributed by atoms with Gasteiger partial charge in [-0.15, -0.1) is 47.5 Å². The number of hydrogen-bond donors (Lipinski definition) is 1. The molecule has 0 aliphatic carbocycles. The smallest absolute Gasteiger partial charge is 0.188 e. The number of rotatable bonds is 4. The average molecular weight is 410 g/mol. The van der Waals surface area contributed by atoms with Gasteiger partial charge in [-0.2, -0.15) is 0 Å². The second-order valence-corrected chi connectivity index (χ2v) is 6.43. The predicted molar refractivity (Wildman–Crippen MR) is 108 cm³/mol. The van der Waals surface area contributed by atoms with Crippen molar-refractivity contribution in [3.05, 3.63) is 59.8 Å². The van der Waals surface area contributed by atoms with Gasteiger partial charge in [0, 0.05) is 46.7 Å². The fourth-order valence-electron chi connectivity index (χ4n) is 2.06. The first-order chi connectivity index (χ1) is 11.4. The minimum atomic E-state index is 0. The van der Waals surface area contributed by atoms with Crippen LogP contribution in [0.4, 0.5) is 10.9 Å². The molecule has 1 N–H and O–H groups in total. The van der Waals surface area contributed by atoms with Crippen LogP contribution in [-0.2, 0) is 0 Å². The normalized spacial score (nSPS) is 9.76. The van der Waals surface area contributed by atoms with Crippen molar-refractivity contribution in [1.29, 1.82) is 0 Å². The average Bonchev–Trinajstić information content (AvgIpc) is 3.28. The zero-order valence-electron chi connectivity index (χ0n) is 12.7. The Kier molecular flexibility index (Phi) is 6.83. The van der Waals surface area contributed by atoms with E-state index in [1.54, 1.807) is 23.7 Å². The van der Waals surface area contributed by atoms with E-state index in [0.29, 0.717) is 0 Å². The van der Waals surface area contributed by atoms with Gasteiger partial charge in [0.05, 0.1) is 0 Å². The minimum Gasteiger partial charge on any atom is -0.316 e. The van der Waals surface area contributed by atoms with Gasteiger partial charge in [-0.1, -0.05) is 6.07 Å². The van der Waals surface area contributed by atoms with Crippen LogP contribution < -0.4 is 5.32 Å². The number of nitrogens with one attached hydrogen (secondary N) is 1. The Morgan fingerprint density at radius 1 is 0.880 bits per heavy atom. The molecule has 0 unspecified atom stereocenters. The molecule has 0 aromatic carbocycles. The molecule has 25 heavy (non-hydrogen) atoms. The molecule has 5 nitrogen and oxygen atoms in total. The van der Waals surface area contributed by atoms with Crippen LogP contribution in [0.15, 0.2) is 59.8 Å². The van der Waals surface area contributed by atoms with Crippen LogP contribution in [0.25, 0.3) is 21.8 Å². The summed E-state index contributed by atoms with van der Waals surface area (Å²) in [7, 11) is 0. The second kappa shape index (κ2) is 8.87. The Labute approximate surface area is 165 Å². The molecule has 0 radical (unpaired) electrons. The van der Waals surface area contributed by atoms with Crippen molar-refractivity contribution in [2.45, 2.75) is 0 Å². The Bertz CT molecular complexity index is 896. The summed E-state index contributed by atoms with van der Waals surface area (Å²) < 4.78 is 0. The Hall–Kier alpha value is -2.06. The molecule has 0 bridgehead atoms. The lowest BCUT2D eigenvalue weighted by Crippen LogP contribution is -1.93. The van der Waals surface area contributed by atoms with Gasteiger partial charge < -0.3 is 5.32 Å². The van der Waals surface area contributed by atoms with Crippen LogP contribution in [0.1, 0.15) is 0 Å². The predicted octanol–water partition coefficient (Wildman–Crippen LogP) is 5.31. The number of aromatic nitrogens is 4. The molecule has 0 saturated carbocycles. The molecule has 0 amide bonds. The van der Waals surface area contributed by atoms with Gasteiger partial charge in [0.25, 0.3) is 0 Å². The highest BCUT2D eigenvalue weighted by molar-refractivity contribution is 7.15. The summed E-state index contributed by atoms with van der Waals surface area (Å²) >= 11 is 3.12. The van der Waals surface area contributed by atoms with Crippen molar-refractivity contribution < 1.29 is 0 Å². The molecule has 4 aromatic rings. The molecule has 0 aliphatic heterocycles. The summed E-state index contributed by atoms with van der Waals surface area (Å²) in [5, 5.41) is 8.89. The number of hydrogen-bond acceptors (Lipinski definition) is 7. The first kappa shape index (κ1) is 19.3. The summed E-state index contributed by atoms with van der Waals surface area (Å²) in [6, 6.07) is 7.88. The lowest BCUT2D eigenvalue weighted by Gasteiger charge is -2.03. The highest BCUT2D eigenvalue weighted by Gasteiger charge is 2.07. The van der Waals surface area contributed by atoms with Gasteiger partial charge in [-0.3, -0.25) is 4.98 Å². The topological polar surface area (TPSA) is 63.6 Å².